The zero-order chi connectivity index (χ0) is 25.1. The number of likely N-dealkylation sites (tertiary alicyclic amines) is 1. The molecule has 1 fully saturated rings. The number of carbonyl (C=O) groups excluding carboxylic acids is 2. The smallest absolute Gasteiger partial charge is 0.328 e. The van der Waals surface area contributed by atoms with E-state index < -0.39 is 18.1 Å². The molecule has 0 bridgehead atoms. The number of ether oxygens (including phenoxy) is 2. The highest BCUT2D eigenvalue weighted by Gasteiger charge is 2.35. The highest BCUT2D eigenvalue weighted by Crippen LogP contribution is 2.36. The number of aryl methyl sites for hydroxylation is 1. The van der Waals surface area contributed by atoms with Gasteiger partial charge in [-0.05, 0) is 73.4 Å². The summed E-state index contributed by atoms with van der Waals surface area (Å²) in [7, 11) is 1.34. The van der Waals surface area contributed by atoms with Crippen LogP contribution in [0, 0.1) is 6.92 Å². The molecule has 182 valence electrons. The molecule has 0 N–H and O–H groups in total. The monoisotopic (exact) mass is 531 g/mol. The van der Waals surface area contributed by atoms with Crippen LogP contribution in [-0.4, -0.2) is 36.5 Å². The summed E-state index contributed by atoms with van der Waals surface area (Å²) in [5.41, 5.74) is 2.86. The molecule has 0 spiro atoms. The maximum absolute atomic E-state index is 13.1. The van der Waals surface area contributed by atoms with Crippen LogP contribution in [0.4, 0.5) is 0 Å². The van der Waals surface area contributed by atoms with Gasteiger partial charge in [-0.1, -0.05) is 53.0 Å². The molecule has 1 aliphatic rings. The summed E-state index contributed by atoms with van der Waals surface area (Å²) < 4.78 is 11.3. The average Bonchev–Trinajstić information content (AvgIpc) is 3.33. The minimum atomic E-state index is -0.551. The van der Waals surface area contributed by atoms with Crippen LogP contribution in [0.3, 0.4) is 0 Å². The summed E-state index contributed by atoms with van der Waals surface area (Å²) in [6.45, 7) is 2.39. The van der Waals surface area contributed by atoms with Gasteiger partial charge in [-0.15, -0.1) is 0 Å². The number of halogens is 3. The van der Waals surface area contributed by atoms with Crippen LogP contribution in [0.2, 0.25) is 15.1 Å². The van der Waals surface area contributed by atoms with Crippen molar-refractivity contribution in [1.82, 2.24) is 4.90 Å². The van der Waals surface area contributed by atoms with E-state index in [0.717, 1.165) is 23.1 Å². The van der Waals surface area contributed by atoms with Crippen LogP contribution >= 0.6 is 34.8 Å². The molecular formula is C27H24Cl3NO4. The van der Waals surface area contributed by atoms with E-state index in [-0.39, 0.29) is 5.91 Å². The fraction of sp³-hybridized carbons (Fsp3) is 0.259. The first-order valence-corrected chi connectivity index (χ1v) is 12.3. The number of hydrogen-bond acceptors (Lipinski definition) is 4. The number of rotatable bonds is 6. The fourth-order valence-electron chi connectivity index (χ4n) is 4.26. The standard InChI is InChI=1S/C27H24Cl3NO4/c1-16-14-18(26(32)31-13-3-4-23(31)27(33)34-2)7-12-24(16)35-25(17-5-8-19(28)9-6-17)21-11-10-20(29)15-22(21)30/h5-12,14-15,23,25H,3-4,13H2,1-2H3. The largest absolute Gasteiger partial charge is 0.481 e. The Morgan fingerprint density at radius 2 is 1.69 bits per heavy atom. The number of benzene rings is 3. The molecule has 0 radical (unpaired) electrons. The zero-order valence-corrected chi connectivity index (χ0v) is 21.5. The van der Waals surface area contributed by atoms with Crippen molar-refractivity contribution in [1.29, 1.82) is 0 Å². The highest BCUT2D eigenvalue weighted by atomic mass is 35.5. The van der Waals surface area contributed by atoms with E-state index in [4.69, 9.17) is 44.3 Å². The van der Waals surface area contributed by atoms with Crippen molar-refractivity contribution in [2.24, 2.45) is 0 Å². The lowest BCUT2D eigenvalue weighted by molar-refractivity contribution is -0.145. The van der Waals surface area contributed by atoms with Crippen molar-refractivity contribution >= 4 is 46.7 Å². The summed E-state index contributed by atoms with van der Waals surface area (Å²) in [4.78, 5) is 26.8. The molecular weight excluding hydrogens is 509 g/mol. The zero-order valence-electron chi connectivity index (χ0n) is 19.3. The van der Waals surface area contributed by atoms with Crippen LogP contribution in [0.15, 0.2) is 60.7 Å². The average molecular weight is 533 g/mol. The molecule has 1 amide bonds. The van der Waals surface area contributed by atoms with Gasteiger partial charge in [0, 0.05) is 32.7 Å². The molecule has 1 saturated heterocycles. The summed E-state index contributed by atoms with van der Waals surface area (Å²) >= 11 is 18.7. The lowest BCUT2D eigenvalue weighted by Crippen LogP contribution is -2.41. The van der Waals surface area contributed by atoms with Crippen molar-refractivity contribution in [3.8, 4) is 5.75 Å². The Labute approximate surface area is 219 Å². The SMILES string of the molecule is COC(=O)C1CCCN1C(=O)c1ccc(OC(c2ccc(Cl)cc2)c2ccc(Cl)cc2Cl)c(C)c1. The van der Waals surface area contributed by atoms with Gasteiger partial charge in [0.2, 0.25) is 0 Å². The number of amides is 1. The molecule has 8 heteroatoms. The van der Waals surface area contributed by atoms with Crippen LogP contribution in [0.25, 0.3) is 0 Å². The van der Waals surface area contributed by atoms with E-state index >= 15 is 0 Å². The first kappa shape index (κ1) is 25.4. The number of carbonyl (C=O) groups is 2. The van der Waals surface area contributed by atoms with Gasteiger partial charge in [-0.25, -0.2) is 4.79 Å². The van der Waals surface area contributed by atoms with Crippen molar-refractivity contribution in [2.45, 2.75) is 31.9 Å². The third-order valence-corrected chi connectivity index (χ3v) is 6.89. The summed E-state index contributed by atoms with van der Waals surface area (Å²) in [6, 6.07) is 17.3. The Hall–Kier alpha value is -2.73. The Morgan fingerprint density at radius 1 is 0.971 bits per heavy atom. The van der Waals surface area contributed by atoms with Gasteiger partial charge in [0.05, 0.1) is 7.11 Å². The molecule has 35 heavy (non-hydrogen) atoms. The van der Waals surface area contributed by atoms with Crippen molar-refractivity contribution in [3.63, 3.8) is 0 Å². The number of methoxy groups -OCH3 is 1. The van der Waals surface area contributed by atoms with Gasteiger partial charge >= 0.3 is 5.97 Å². The summed E-state index contributed by atoms with van der Waals surface area (Å²) in [5.74, 6) is -0.000761. The van der Waals surface area contributed by atoms with Gasteiger partial charge in [0.15, 0.2) is 6.10 Å². The third-order valence-electron chi connectivity index (χ3n) is 6.07. The molecule has 0 aliphatic carbocycles. The van der Waals surface area contributed by atoms with E-state index in [1.54, 1.807) is 47.4 Å². The van der Waals surface area contributed by atoms with Crippen LogP contribution in [0.5, 0.6) is 5.75 Å². The highest BCUT2D eigenvalue weighted by molar-refractivity contribution is 6.35. The van der Waals surface area contributed by atoms with E-state index in [9.17, 15) is 9.59 Å². The maximum Gasteiger partial charge on any atom is 0.328 e. The second-order valence-corrected chi connectivity index (χ2v) is 9.66. The summed E-state index contributed by atoms with van der Waals surface area (Å²) in [5, 5.41) is 1.62. The quantitative estimate of drug-likeness (QED) is 0.324. The van der Waals surface area contributed by atoms with E-state index in [0.29, 0.717) is 39.3 Å². The third kappa shape index (κ3) is 5.58. The van der Waals surface area contributed by atoms with Gasteiger partial charge < -0.3 is 14.4 Å². The first-order chi connectivity index (χ1) is 16.8. The van der Waals surface area contributed by atoms with Gasteiger partial charge in [0.25, 0.3) is 5.91 Å². The van der Waals surface area contributed by atoms with Gasteiger partial charge in [0.1, 0.15) is 11.8 Å². The second kappa shape index (κ2) is 10.9. The predicted octanol–water partition coefficient (Wildman–Crippen LogP) is 6.90. The minimum absolute atomic E-state index is 0.206. The molecule has 3 aromatic carbocycles. The number of esters is 1. The molecule has 1 aliphatic heterocycles. The molecule has 2 atom stereocenters. The topological polar surface area (TPSA) is 55.8 Å². The van der Waals surface area contributed by atoms with E-state index in [1.807, 2.05) is 25.1 Å². The summed E-state index contributed by atoms with van der Waals surface area (Å²) in [6.07, 6.45) is 0.832. The Morgan fingerprint density at radius 3 is 2.34 bits per heavy atom. The van der Waals surface area contributed by atoms with Gasteiger partial charge in [-0.3, -0.25) is 4.79 Å². The lowest BCUT2D eigenvalue weighted by Gasteiger charge is -2.24. The number of hydrogen-bond donors (Lipinski definition) is 0. The molecule has 1 heterocycles. The van der Waals surface area contributed by atoms with Crippen LogP contribution < -0.4 is 4.74 Å². The van der Waals surface area contributed by atoms with Gasteiger partial charge in [-0.2, -0.15) is 0 Å². The fourth-order valence-corrected chi connectivity index (χ4v) is 4.89. The molecule has 4 rings (SSSR count). The van der Waals surface area contributed by atoms with Crippen molar-refractivity contribution < 1.29 is 19.1 Å². The van der Waals surface area contributed by atoms with Crippen LogP contribution in [0.1, 0.15) is 46.0 Å². The second-order valence-electron chi connectivity index (χ2n) is 8.38. The molecule has 2 unspecified atom stereocenters. The molecule has 5 nitrogen and oxygen atoms in total. The molecule has 0 saturated carbocycles. The molecule has 0 aromatic heterocycles. The Balaban J connectivity index is 1.63. The first-order valence-electron chi connectivity index (χ1n) is 11.1. The Kier molecular flexibility index (Phi) is 7.90. The number of nitrogens with zero attached hydrogens (tertiary/aromatic N) is 1. The lowest BCUT2D eigenvalue weighted by atomic mass is 10.0. The van der Waals surface area contributed by atoms with Crippen molar-refractivity contribution in [3.05, 3.63) is 98.0 Å². The Bertz CT molecular complexity index is 1250. The predicted molar refractivity (Wildman–Crippen MR) is 138 cm³/mol. The molecule has 3 aromatic rings. The maximum atomic E-state index is 13.1. The minimum Gasteiger partial charge on any atom is -0.481 e. The van der Waals surface area contributed by atoms with Crippen molar-refractivity contribution in [2.75, 3.05) is 13.7 Å². The van der Waals surface area contributed by atoms with Crippen LogP contribution in [-0.2, 0) is 9.53 Å². The van der Waals surface area contributed by atoms with E-state index in [2.05, 4.69) is 0 Å². The normalized spacial score (nSPS) is 16.1. The van der Waals surface area contributed by atoms with E-state index in [1.165, 1.54) is 7.11 Å².